The number of morpholine rings is 1. The number of rotatable bonds is 2. The zero-order valence-electron chi connectivity index (χ0n) is 12.0. The second-order valence-electron chi connectivity index (χ2n) is 5.55. The van der Waals surface area contributed by atoms with Gasteiger partial charge in [0.05, 0.1) is 12.1 Å². The zero-order chi connectivity index (χ0) is 16.6. The molecule has 2 atom stereocenters. The molecule has 0 aliphatic carbocycles. The summed E-state index contributed by atoms with van der Waals surface area (Å²) in [4.78, 5) is 25.0. The molecule has 0 saturated carbocycles. The highest BCUT2D eigenvalue weighted by atomic mass is 19.4. The summed E-state index contributed by atoms with van der Waals surface area (Å²) < 4.78 is 43.8. The van der Waals surface area contributed by atoms with E-state index in [9.17, 15) is 22.8 Å². The van der Waals surface area contributed by atoms with Gasteiger partial charge in [-0.1, -0.05) is 0 Å². The average Bonchev–Trinajstić information content (AvgIpc) is 2.95. The molecule has 2 fully saturated rings. The largest absolute Gasteiger partial charge is 0.435 e. The fourth-order valence-corrected chi connectivity index (χ4v) is 2.77. The van der Waals surface area contributed by atoms with Crippen LogP contribution >= 0.6 is 0 Å². The van der Waals surface area contributed by atoms with Crippen molar-refractivity contribution in [3.8, 4) is 0 Å². The Kier molecular flexibility index (Phi) is 4.00. The first-order valence-electron chi connectivity index (χ1n) is 7.12. The summed E-state index contributed by atoms with van der Waals surface area (Å²) >= 11 is 0. The number of piperidine rings is 1. The summed E-state index contributed by atoms with van der Waals surface area (Å²) in [6.45, 7) is 0.455. The average molecular weight is 332 g/mol. The highest BCUT2D eigenvalue weighted by Gasteiger charge is 2.37. The molecule has 2 aliphatic rings. The van der Waals surface area contributed by atoms with Crippen LogP contribution in [0.2, 0.25) is 0 Å². The Bertz CT molecular complexity index is 616. The van der Waals surface area contributed by atoms with E-state index >= 15 is 0 Å². The monoisotopic (exact) mass is 332 g/mol. The van der Waals surface area contributed by atoms with E-state index in [1.165, 1.54) is 4.90 Å². The minimum Gasteiger partial charge on any atom is -0.366 e. The van der Waals surface area contributed by atoms with Crippen LogP contribution in [-0.2, 0) is 27.0 Å². The van der Waals surface area contributed by atoms with Crippen molar-refractivity contribution in [3.05, 3.63) is 18.0 Å². The zero-order valence-corrected chi connectivity index (χ0v) is 12.0. The first kappa shape index (κ1) is 15.8. The lowest BCUT2D eigenvalue weighted by Crippen LogP contribution is -2.61. The SMILES string of the molecule is O=C1CO[C@H]2CCN(C(=O)Cn3ccc(C(F)(F)F)n3)C[C@@H]2N1. The number of nitrogens with one attached hydrogen (secondary N) is 1. The smallest absolute Gasteiger partial charge is 0.366 e. The minimum absolute atomic E-state index is 0.0165. The van der Waals surface area contributed by atoms with Gasteiger partial charge >= 0.3 is 6.18 Å². The van der Waals surface area contributed by atoms with Gasteiger partial charge in [-0.15, -0.1) is 0 Å². The number of aromatic nitrogens is 2. The van der Waals surface area contributed by atoms with Crippen molar-refractivity contribution in [1.29, 1.82) is 0 Å². The number of carbonyl (C=O) groups is 2. The predicted molar refractivity (Wildman–Crippen MR) is 70.1 cm³/mol. The summed E-state index contributed by atoms with van der Waals surface area (Å²) in [6.07, 6.45) is -2.96. The molecule has 1 aromatic rings. The molecule has 0 spiro atoms. The van der Waals surface area contributed by atoms with Crippen LogP contribution in [0.3, 0.4) is 0 Å². The van der Waals surface area contributed by atoms with Gasteiger partial charge in [-0.25, -0.2) is 0 Å². The lowest BCUT2D eigenvalue weighted by molar-refractivity contribution is -0.147. The number of ether oxygens (including phenoxy) is 1. The number of amides is 2. The van der Waals surface area contributed by atoms with Crippen LogP contribution < -0.4 is 5.32 Å². The van der Waals surface area contributed by atoms with Gasteiger partial charge in [0.1, 0.15) is 13.2 Å². The van der Waals surface area contributed by atoms with Gasteiger partial charge < -0.3 is 15.0 Å². The third-order valence-electron chi connectivity index (χ3n) is 3.91. The highest BCUT2D eigenvalue weighted by molar-refractivity contribution is 5.79. The Balaban J connectivity index is 1.60. The van der Waals surface area contributed by atoms with Crippen molar-refractivity contribution in [2.24, 2.45) is 0 Å². The Labute approximate surface area is 129 Å². The molecule has 126 valence electrons. The molecule has 2 amide bonds. The summed E-state index contributed by atoms with van der Waals surface area (Å²) in [5.74, 6) is -0.581. The molecule has 7 nitrogen and oxygen atoms in total. The first-order chi connectivity index (χ1) is 10.8. The maximum absolute atomic E-state index is 12.5. The van der Waals surface area contributed by atoms with Gasteiger partial charge in [-0.2, -0.15) is 18.3 Å². The molecule has 0 aromatic carbocycles. The van der Waals surface area contributed by atoms with Crippen LogP contribution in [0.5, 0.6) is 0 Å². The summed E-state index contributed by atoms with van der Waals surface area (Å²) in [5, 5.41) is 6.12. The van der Waals surface area contributed by atoms with Crippen molar-refractivity contribution in [1.82, 2.24) is 20.0 Å². The maximum atomic E-state index is 12.5. The standard InChI is InChI=1S/C13H15F3N4O3/c14-13(15,16)10-2-4-20(18-10)6-12(22)19-3-1-9-8(5-19)17-11(21)7-23-9/h2,4,8-9H,1,3,5-7H2,(H,17,21)/t8-,9-/m0/s1. The topological polar surface area (TPSA) is 76.5 Å². The van der Waals surface area contributed by atoms with E-state index in [0.29, 0.717) is 13.0 Å². The first-order valence-corrected chi connectivity index (χ1v) is 7.12. The minimum atomic E-state index is -4.53. The highest BCUT2D eigenvalue weighted by Crippen LogP contribution is 2.27. The normalized spacial score (nSPS) is 25.0. The summed E-state index contributed by atoms with van der Waals surface area (Å²) in [7, 11) is 0. The van der Waals surface area contributed by atoms with E-state index in [4.69, 9.17) is 4.74 Å². The summed E-state index contributed by atoms with van der Waals surface area (Å²) in [5.41, 5.74) is -1.03. The lowest BCUT2D eigenvalue weighted by Gasteiger charge is -2.41. The molecule has 1 N–H and O–H groups in total. The van der Waals surface area contributed by atoms with Gasteiger partial charge in [-0.05, 0) is 12.5 Å². The number of hydrogen-bond donors (Lipinski definition) is 1. The number of alkyl halides is 3. The number of halogens is 3. The molecule has 2 aliphatic heterocycles. The van der Waals surface area contributed by atoms with E-state index in [-0.39, 0.29) is 43.7 Å². The fourth-order valence-electron chi connectivity index (χ4n) is 2.77. The molecule has 3 heterocycles. The Morgan fingerprint density at radius 1 is 1.48 bits per heavy atom. The van der Waals surface area contributed by atoms with Gasteiger partial charge in [-0.3, -0.25) is 14.3 Å². The molecule has 10 heteroatoms. The second kappa shape index (κ2) is 5.84. The summed E-state index contributed by atoms with van der Waals surface area (Å²) in [6, 6.07) is 0.548. The van der Waals surface area contributed by atoms with Crippen LogP contribution in [0, 0.1) is 0 Å². The van der Waals surface area contributed by atoms with Crippen molar-refractivity contribution < 1.29 is 27.5 Å². The second-order valence-corrected chi connectivity index (χ2v) is 5.55. The van der Waals surface area contributed by atoms with Crippen LogP contribution in [0.25, 0.3) is 0 Å². The van der Waals surface area contributed by atoms with E-state index in [1.54, 1.807) is 0 Å². The van der Waals surface area contributed by atoms with Crippen molar-refractivity contribution in [2.75, 3.05) is 19.7 Å². The Morgan fingerprint density at radius 3 is 2.96 bits per heavy atom. The molecular weight excluding hydrogens is 317 g/mol. The van der Waals surface area contributed by atoms with Gasteiger partial charge in [0.25, 0.3) is 0 Å². The van der Waals surface area contributed by atoms with Crippen LogP contribution in [0.15, 0.2) is 12.3 Å². The molecule has 0 radical (unpaired) electrons. The number of carbonyl (C=O) groups excluding carboxylic acids is 2. The molecule has 0 bridgehead atoms. The van der Waals surface area contributed by atoms with Crippen LogP contribution in [-0.4, -0.2) is 58.3 Å². The third kappa shape index (κ3) is 3.46. The van der Waals surface area contributed by atoms with E-state index in [0.717, 1.165) is 16.9 Å². The van der Waals surface area contributed by atoms with E-state index < -0.39 is 11.9 Å². The van der Waals surface area contributed by atoms with Gasteiger partial charge in [0.15, 0.2) is 5.69 Å². The van der Waals surface area contributed by atoms with Gasteiger partial charge in [0, 0.05) is 19.3 Å². The van der Waals surface area contributed by atoms with Gasteiger partial charge in [0.2, 0.25) is 11.8 Å². The molecule has 0 unspecified atom stereocenters. The Morgan fingerprint density at radius 2 is 2.26 bits per heavy atom. The predicted octanol–water partition coefficient (Wildman–Crippen LogP) is 0.0178. The molecule has 23 heavy (non-hydrogen) atoms. The lowest BCUT2D eigenvalue weighted by atomic mass is 10.0. The molecule has 1 aromatic heterocycles. The van der Waals surface area contributed by atoms with Crippen molar-refractivity contribution in [2.45, 2.75) is 31.3 Å². The molecule has 3 rings (SSSR count). The van der Waals surface area contributed by atoms with E-state index in [1.807, 2.05) is 0 Å². The number of hydrogen-bond acceptors (Lipinski definition) is 4. The van der Waals surface area contributed by atoms with Crippen LogP contribution in [0.4, 0.5) is 13.2 Å². The number of likely N-dealkylation sites (tertiary alicyclic amines) is 1. The van der Waals surface area contributed by atoms with Crippen LogP contribution in [0.1, 0.15) is 12.1 Å². The molecular formula is C13H15F3N4O3. The third-order valence-corrected chi connectivity index (χ3v) is 3.91. The maximum Gasteiger partial charge on any atom is 0.435 e. The fraction of sp³-hybridized carbons (Fsp3) is 0.615. The van der Waals surface area contributed by atoms with Crippen molar-refractivity contribution >= 4 is 11.8 Å². The number of nitrogens with zero attached hydrogens (tertiary/aromatic N) is 3. The number of fused-ring (bicyclic) bond motifs is 1. The quantitative estimate of drug-likeness (QED) is 0.828. The van der Waals surface area contributed by atoms with Crippen molar-refractivity contribution in [3.63, 3.8) is 0 Å². The Hall–Kier alpha value is -2.10. The molecule has 2 saturated heterocycles. The van der Waals surface area contributed by atoms with E-state index in [2.05, 4.69) is 10.4 Å².